The average molecular weight is 303 g/mol. The molecular weight excluding hydrogens is 282 g/mol. The van der Waals surface area contributed by atoms with Crippen molar-refractivity contribution in [3.63, 3.8) is 0 Å². The number of hydrogen-bond acceptors (Lipinski definition) is 3. The van der Waals surface area contributed by atoms with Gasteiger partial charge in [0, 0.05) is 26.9 Å². The molecule has 2 aromatic rings. The summed E-state index contributed by atoms with van der Waals surface area (Å²) in [4.78, 5) is 6.60. The second-order valence-electron chi connectivity index (χ2n) is 4.90. The van der Waals surface area contributed by atoms with Crippen molar-refractivity contribution < 1.29 is 0 Å². The average Bonchev–Trinajstić information content (AvgIpc) is 3.05. The molecule has 0 aromatic carbocycles. The van der Waals surface area contributed by atoms with Crippen molar-refractivity contribution in [2.45, 2.75) is 26.8 Å². The zero-order valence-corrected chi connectivity index (χ0v) is 13.8. The number of nitrogens with zero attached hydrogens (tertiary/aromatic N) is 1. The van der Waals surface area contributed by atoms with Crippen LogP contribution in [-0.2, 0) is 13.0 Å². The molecule has 3 rings (SSSR count). The predicted octanol–water partition coefficient (Wildman–Crippen LogP) is 5.17. The van der Waals surface area contributed by atoms with Crippen LogP contribution in [0.15, 0.2) is 48.5 Å². The standard InChI is InChI=1S/C12H15NS.C5H6S/c1-4-9(2)13-6-5-11-7-10(3)14-12(11)8-13;1-5-3-2-4-6-5/h4,7H,1-2,5-6,8H2,3H3;2-4H,1H3. The van der Waals surface area contributed by atoms with E-state index in [0.29, 0.717) is 0 Å². The van der Waals surface area contributed by atoms with E-state index in [2.05, 4.69) is 55.5 Å². The molecule has 1 aliphatic rings. The summed E-state index contributed by atoms with van der Waals surface area (Å²) in [5.41, 5.74) is 2.57. The third kappa shape index (κ3) is 3.84. The molecular formula is C17H21NS2. The van der Waals surface area contributed by atoms with Gasteiger partial charge in [-0.3, -0.25) is 0 Å². The summed E-state index contributed by atoms with van der Waals surface area (Å²) in [5.74, 6) is 0. The molecule has 3 heteroatoms. The van der Waals surface area contributed by atoms with Crippen LogP contribution in [-0.4, -0.2) is 11.4 Å². The van der Waals surface area contributed by atoms with E-state index in [0.717, 1.165) is 25.2 Å². The summed E-state index contributed by atoms with van der Waals surface area (Å²) >= 11 is 3.68. The fraction of sp³-hybridized carbons (Fsp3) is 0.294. The van der Waals surface area contributed by atoms with Gasteiger partial charge in [-0.1, -0.05) is 19.2 Å². The molecule has 0 unspecified atom stereocenters. The van der Waals surface area contributed by atoms with E-state index >= 15 is 0 Å². The van der Waals surface area contributed by atoms with Crippen molar-refractivity contribution in [3.8, 4) is 0 Å². The van der Waals surface area contributed by atoms with E-state index in [4.69, 9.17) is 0 Å². The Morgan fingerprint density at radius 2 is 2.15 bits per heavy atom. The second-order valence-corrected chi connectivity index (χ2v) is 7.39. The Labute approximate surface area is 129 Å². The van der Waals surface area contributed by atoms with Gasteiger partial charge >= 0.3 is 0 Å². The fourth-order valence-corrected chi connectivity index (χ4v) is 3.83. The number of rotatable bonds is 2. The minimum absolute atomic E-state index is 1.01. The van der Waals surface area contributed by atoms with Crippen molar-refractivity contribution in [3.05, 3.63) is 68.7 Å². The smallest absolute Gasteiger partial charge is 0.0525 e. The van der Waals surface area contributed by atoms with Crippen molar-refractivity contribution >= 4 is 22.7 Å². The van der Waals surface area contributed by atoms with E-state index in [1.165, 1.54) is 20.2 Å². The summed E-state index contributed by atoms with van der Waals surface area (Å²) in [6.07, 6.45) is 2.98. The van der Waals surface area contributed by atoms with Gasteiger partial charge in [0.05, 0.1) is 6.54 Å². The van der Waals surface area contributed by atoms with Crippen LogP contribution in [0.4, 0.5) is 0 Å². The number of fused-ring (bicyclic) bond motifs is 1. The van der Waals surface area contributed by atoms with E-state index in [1.54, 1.807) is 11.3 Å². The normalized spacial score (nSPS) is 13.2. The van der Waals surface area contributed by atoms with Gasteiger partial charge in [-0.25, -0.2) is 0 Å². The van der Waals surface area contributed by atoms with Crippen LogP contribution in [0.25, 0.3) is 0 Å². The molecule has 0 spiro atoms. The predicted molar refractivity (Wildman–Crippen MR) is 91.6 cm³/mol. The Morgan fingerprint density at radius 1 is 1.35 bits per heavy atom. The summed E-state index contributed by atoms with van der Waals surface area (Å²) in [5, 5.41) is 2.08. The first-order valence-electron chi connectivity index (χ1n) is 6.74. The molecule has 20 heavy (non-hydrogen) atoms. The minimum atomic E-state index is 1.01. The lowest BCUT2D eigenvalue weighted by Crippen LogP contribution is -2.27. The van der Waals surface area contributed by atoms with Crippen molar-refractivity contribution in [1.29, 1.82) is 0 Å². The van der Waals surface area contributed by atoms with E-state index in [1.807, 2.05) is 17.4 Å². The summed E-state index contributed by atoms with van der Waals surface area (Å²) < 4.78 is 0. The first-order chi connectivity index (χ1) is 9.60. The Bertz CT molecular complexity index is 578. The second kappa shape index (κ2) is 6.91. The highest BCUT2D eigenvalue weighted by Gasteiger charge is 2.17. The highest BCUT2D eigenvalue weighted by atomic mass is 32.1. The van der Waals surface area contributed by atoms with Gasteiger partial charge in [0.15, 0.2) is 0 Å². The number of aryl methyl sites for hydroxylation is 2. The van der Waals surface area contributed by atoms with Gasteiger partial charge in [0.2, 0.25) is 0 Å². The van der Waals surface area contributed by atoms with Crippen LogP contribution in [0.2, 0.25) is 0 Å². The van der Waals surface area contributed by atoms with Crippen LogP contribution < -0.4 is 0 Å². The molecule has 106 valence electrons. The maximum absolute atomic E-state index is 3.99. The monoisotopic (exact) mass is 303 g/mol. The summed E-state index contributed by atoms with van der Waals surface area (Å²) in [7, 11) is 0. The number of allylic oxidation sites excluding steroid dienone is 1. The molecule has 2 aromatic heterocycles. The third-order valence-corrected chi connectivity index (χ3v) is 5.19. The van der Waals surface area contributed by atoms with Crippen molar-refractivity contribution in [2.75, 3.05) is 6.54 Å². The molecule has 0 radical (unpaired) electrons. The lowest BCUT2D eigenvalue weighted by molar-refractivity contribution is 0.338. The number of hydrogen-bond donors (Lipinski definition) is 0. The Balaban J connectivity index is 0.000000205. The third-order valence-electron chi connectivity index (χ3n) is 3.31. The van der Waals surface area contributed by atoms with Gasteiger partial charge in [-0.05, 0) is 49.4 Å². The van der Waals surface area contributed by atoms with Crippen molar-refractivity contribution in [2.24, 2.45) is 0 Å². The molecule has 0 saturated heterocycles. The van der Waals surface area contributed by atoms with Crippen LogP contribution >= 0.6 is 22.7 Å². The zero-order valence-electron chi connectivity index (χ0n) is 12.2. The molecule has 0 fully saturated rings. The highest BCUT2D eigenvalue weighted by molar-refractivity contribution is 7.12. The maximum atomic E-state index is 3.99. The van der Waals surface area contributed by atoms with Gasteiger partial charge in [0.1, 0.15) is 0 Å². The zero-order chi connectivity index (χ0) is 14.5. The van der Waals surface area contributed by atoms with Crippen LogP contribution in [0.5, 0.6) is 0 Å². The molecule has 0 bridgehead atoms. The molecule has 0 saturated carbocycles. The lowest BCUT2D eigenvalue weighted by atomic mass is 10.1. The van der Waals surface area contributed by atoms with E-state index < -0.39 is 0 Å². The van der Waals surface area contributed by atoms with Gasteiger partial charge in [-0.2, -0.15) is 0 Å². The minimum Gasteiger partial charge on any atom is -0.367 e. The van der Waals surface area contributed by atoms with Gasteiger partial charge in [-0.15, -0.1) is 22.7 Å². The molecule has 1 nitrogen and oxygen atoms in total. The Morgan fingerprint density at radius 3 is 2.70 bits per heavy atom. The van der Waals surface area contributed by atoms with Crippen molar-refractivity contribution in [1.82, 2.24) is 4.90 Å². The molecule has 0 aliphatic carbocycles. The van der Waals surface area contributed by atoms with Crippen LogP contribution in [0.3, 0.4) is 0 Å². The summed E-state index contributed by atoms with van der Waals surface area (Å²) in [6.45, 7) is 14.1. The quantitative estimate of drug-likeness (QED) is 0.692. The van der Waals surface area contributed by atoms with E-state index in [9.17, 15) is 0 Å². The molecule has 0 amide bonds. The maximum Gasteiger partial charge on any atom is 0.0525 e. The van der Waals surface area contributed by atoms with Gasteiger partial charge < -0.3 is 4.90 Å². The summed E-state index contributed by atoms with van der Waals surface area (Å²) in [6, 6.07) is 6.47. The Hall–Kier alpha value is -1.32. The fourth-order valence-electron chi connectivity index (χ4n) is 2.20. The molecule has 1 aliphatic heterocycles. The van der Waals surface area contributed by atoms with E-state index in [-0.39, 0.29) is 0 Å². The topological polar surface area (TPSA) is 3.24 Å². The lowest BCUT2D eigenvalue weighted by Gasteiger charge is -2.28. The Kier molecular flexibility index (Phi) is 5.21. The highest BCUT2D eigenvalue weighted by Crippen LogP contribution is 2.28. The molecule has 3 heterocycles. The van der Waals surface area contributed by atoms with Crippen LogP contribution in [0.1, 0.15) is 20.2 Å². The molecule has 0 N–H and O–H groups in total. The van der Waals surface area contributed by atoms with Gasteiger partial charge in [0.25, 0.3) is 0 Å². The van der Waals surface area contributed by atoms with Crippen LogP contribution in [0, 0.1) is 13.8 Å². The first kappa shape index (κ1) is 15.1. The number of thiophene rings is 2. The molecule has 0 atom stereocenters. The largest absolute Gasteiger partial charge is 0.367 e. The first-order valence-corrected chi connectivity index (χ1v) is 8.44. The SMILES string of the molecule is C=CC(=C)N1CCc2cc(C)sc2C1.Cc1cccs1.